The molecule has 2 heterocycles. The number of aromatic nitrogens is 4. The summed E-state index contributed by atoms with van der Waals surface area (Å²) in [4.78, 5) is 43.3. The Morgan fingerprint density at radius 2 is 1.82 bits per heavy atom. The normalized spacial score (nSPS) is 11.0. The first kappa shape index (κ1) is 17.3. The van der Waals surface area contributed by atoms with Crippen LogP contribution in [0.15, 0.2) is 64.4 Å². The highest BCUT2D eigenvalue weighted by molar-refractivity contribution is 5.73. The van der Waals surface area contributed by atoms with Crippen LogP contribution in [-0.4, -0.2) is 24.0 Å². The highest BCUT2D eigenvalue weighted by atomic mass is 19.1. The average molecular weight is 381 g/mol. The number of aromatic amines is 1. The van der Waals surface area contributed by atoms with E-state index >= 15 is 0 Å². The van der Waals surface area contributed by atoms with E-state index in [1.165, 1.54) is 48.8 Å². The number of H-pyrrole nitrogens is 1. The smallest absolute Gasteiger partial charge is 0.337 e. The molecule has 0 fully saturated rings. The molecule has 0 radical (unpaired) electrons. The highest BCUT2D eigenvalue weighted by Crippen LogP contribution is 2.22. The largest absolute Gasteiger partial charge is 0.339 e. The minimum Gasteiger partial charge on any atom is -0.339 e. The standard InChI is InChI=1S/C18H12FN5O4/c19-12-6-2-1-5-11(12)9-22-17(25)15-16(21-10-20-15)23(18(22)26)13-7-3-4-8-14(13)24(27)28/h1-8,10H,9H2,(H,20,21). The summed E-state index contributed by atoms with van der Waals surface area (Å²) in [5.41, 5.74) is -1.86. The van der Waals surface area contributed by atoms with Crippen molar-refractivity contribution >= 4 is 16.9 Å². The number of nitro groups is 1. The Hall–Kier alpha value is -4.08. The van der Waals surface area contributed by atoms with Crippen LogP contribution in [0.1, 0.15) is 5.56 Å². The zero-order chi connectivity index (χ0) is 19.8. The Kier molecular flexibility index (Phi) is 4.07. The molecule has 1 N–H and O–H groups in total. The third-order valence-corrected chi connectivity index (χ3v) is 4.32. The Bertz CT molecular complexity index is 1340. The Labute approximate surface area is 155 Å². The Balaban J connectivity index is 2.05. The molecule has 0 saturated heterocycles. The molecule has 0 unspecified atom stereocenters. The van der Waals surface area contributed by atoms with E-state index in [0.29, 0.717) is 0 Å². The number of benzene rings is 2. The van der Waals surface area contributed by atoms with E-state index in [4.69, 9.17) is 0 Å². The summed E-state index contributed by atoms with van der Waals surface area (Å²) in [5, 5.41) is 11.4. The zero-order valence-corrected chi connectivity index (χ0v) is 14.2. The molecule has 4 aromatic rings. The minimum atomic E-state index is -0.859. The van der Waals surface area contributed by atoms with E-state index < -0.39 is 22.0 Å². The van der Waals surface area contributed by atoms with Crippen LogP contribution in [0.3, 0.4) is 0 Å². The number of nitrogens with one attached hydrogen (secondary N) is 1. The van der Waals surface area contributed by atoms with E-state index in [9.17, 15) is 24.1 Å². The molecule has 140 valence electrons. The zero-order valence-electron chi connectivity index (χ0n) is 14.2. The van der Waals surface area contributed by atoms with E-state index in [1.54, 1.807) is 6.07 Å². The van der Waals surface area contributed by atoms with Crippen LogP contribution in [0.2, 0.25) is 0 Å². The van der Waals surface area contributed by atoms with E-state index in [1.807, 2.05) is 0 Å². The number of fused-ring (bicyclic) bond motifs is 1. The van der Waals surface area contributed by atoms with Crippen molar-refractivity contribution in [3.63, 3.8) is 0 Å². The summed E-state index contributed by atoms with van der Waals surface area (Å²) < 4.78 is 15.8. The fourth-order valence-electron chi connectivity index (χ4n) is 3.01. The van der Waals surface area contributed by atoms with Gasteiger partial charge in [-0.1, -0.05) is 30.3 Å². The maximum atomic E-state index is 14.1. The second-order valence-corrected chi connectivity index (χ2v) is 5.95. The van der Waals surface area contributed by atoms with Gasteiger partial charge in [0.25, 0.3) is 11.2 Å². The lowest BCUT2D eigenvalue weighted by Crippen LogP contribution is -2.40. The predicted molar refractivity (Wildman–Crippen MR) is 98.1 cm³/mol. The molecule has 0 atom stereocenters. The molecule has 0 aliphatic rings. The van der Waals surface area contributed by atoms with Gasteiger partial charge in [0, 0.05) is 11.6 Å². The molecule has 2 aromatic heterocycles. The third kappa shape index (κ3) is 2.67. The van der Waals surface area contributed by atoms with Gasteiger partial charge in [0.2, 0.25) is 0 Å². The van der Waals surface area contributed by atoms with Gasteiger partial charge in [0.05, 0.1) is 17.8 Å². The van der Waals surface area contributed by atoms with E-state index in [-0.39, 0.29) is 34.6 Å². The van der Waals surface area contributed by atoms with Crippen LogP contribution in [0.5, 0.6) is 0 Å². The van der Waals surface area contributed by atoms with Crippen LogP contribution in [-0.2, 0) is 6.54 Å². The van der Waals surface area contributed by atoms with Gasteiger partial charge in [0.1, 0.15) is 17.0 Å². The van der Waals surface area contributed by atoms with Crippen LogP contribution in [0, 0.1) is 15.9 Å². The lowest BCUT2D eigenvalue weighted by molar-refractivity contribution is -0.384. The van der Waals surface area contributed by atoms with Crippen molar-refractivity contribution in [3.05, 3.63) is 97.2 Å². The van der Waals surface area contributed by atoms with Gasteiger partial charge in [0.15, 0.2) is 5.65 Å². The van der Waals surface area contributed by atoms with Gasteiger partial charge in [-0.25, -0.2) is 18.7 Å². The van der Waals surface area contributed by atoms with Crippen molar-refractivity contribution in [1.29, 1.82) is 0 Å². The molecule has 0 saturated carbocycles. The van der Waals surface area contributed by atoms with Gasteiger partial charge >= 0.3 is 5.69 Å². The van der Waals surface area contributed by atoms with Crippen LogP contribution < -0.4 is 11.2 Å². The maximum Gasteiger partial charge on any atom is 0.337 e. The summed E-state index contributed by atoms with van der Waals surface area (Å²) in [6.45, 7) is -0.333. The van der Waals surface area contributed by atoms with Gasteiger partial charge in [-0.2, -0.15) is 0 Å². The number of nitro benzene ring substituents is 1. The summed E-state index contributed by atoms with van der Waals surface area (Å²) >= 11 is 0. The molecule has 0 aliphatic heterocycles. The number of halogens is 1. The quantitative estimate of drug-likeness (QED) is 0.429. The number of imidazole rings is 1. The molecule has 0 bridgehead atoms. The van der Waals surface area contributed by atoms with E-state index in [0.717, 1.165) is 9.13 Å². The SMILES string of the molecule is O=c1c2[nH]cnc2n(-c2ccccc2[N+](=O)[O-])c(=O)n1Cc1ccccc1F. The van der Waals surface area contributed by atoms with Crippen molar-refractivity contribution in [2.45, 2.75) is 6.54 Å². The number of para-hydroxylation sites is 2. The van der Waals surface area contributed by atoms with E-state index in [2.05, 4.69) is 9.97 Å². The van der Waals surface area contributed by atoms with Gasteiger partial charge in [-0.05, 0) is 12.1 Å². The van der Waals surface area contributed by atoms with Gasteiger partial charge in [-0.15, -0.1) is 0 Å². The molecule has 4 rings (SSSR count). The highest BCUT2D eigenvalue weighted by Gasteiger charge is 2.22. The van der Waals surface area contributed by atoms with Crippen LogP contribution >= 0.6 is 0 Å². The molecule has 0 spiro atoms. The lowest BCUT2D eigenvalue weighted by atomic mass is 10.2. The molecular formula is C18H12FN5O4. The third-order valence-electron chi connectivity index (χ3n) is 4.32. The summed E-state index contributed by atoms with van der Waals surface area (Å²) in [6.07, 6.45) is 1.21. The molecular weight excluding hydrogens is 369 g/mol. The number of rotatable bonds is 4. The Morgan fingerprint density at radius 1 is 1.11 bits per heavy atom. The van der Waals surface area contributed by atoms with Crippen molar-refractivity contribution in [3.8, 4) is 5.69 Å². The monoisotopic (exact) mass is 381 g/mol. The van der Waals surface area contributed by atoms with Gasteiger partial charge in [-0.3, -0.25) is 19.5 Å². The van der Waals surface area contributed by atoms with Crippen molar-refractivity contribution in [2.24, 2.45) is 0 Å². The topological polar surface area (TPSA) is 116 Å². The summed E-state index contributed by atoms with van der Waals surface area (Å²) in [7, 11) is 0. The van der Waals surface area contributed by atoms with Gasteiger partial charge < -0.3 is 4.98 Å². The second-order valence-electron chi connectivity index (χ2n) is 5.95. The van der Waals surface area contributed by atoms with Crippen molar-refractivity contribution in [1.82, 2.24) is 19.1 Å². The molecule has 9 nitrogen and oxygen atoms in total. The number of hydrogen-bond donors (Lipinski definition) is 1. The van der Waals surface area contributed by atoms with Crippen molar-refractivity contribution < 1.29 is 9.31 Å². The maximum absolute atomic E-state index is 14.1. The fraction of sp³-hybridized carbons (Fsp3) is 0.0556. The number of nitrogens with zero attached hydrogens (tertiary/aromatic N) is 4. The first-order valence-electron chi connectivity index (χ1n) is 8.15. The average Bonchev–Trinajstić information content (AvgIpc) is 3.16. The number of hydrogen-bond acceptors (Lipinski definition) is 5. The first-order chi connectivity index (χ1) is 13.5. The second kappa shape index (κ2) is 6.58. The molecule has 10 heteroatoms. The minimum absolute atomic E-state index is 0.0194. The van der Waals surface area contributed by atoms with Crippen LogP contribution in [0.25, 0.3) is 16.9 Å². The lowest BCUT2D eigenvalue weighted by Gasteiger charge is -2.12. The molecule has 0 aliphatic carbocycles. The summed E-state index contributed by atoms with van der Waals surface area (Å²) in [5.74, 6) is -0.573. The molecule has 0 amide bonds. The molecule has 2 aromatic carbocycles. The molecule has 28 heavy (non-hydrogen) atoms. The summed E-state index contributed by atoms with van der Waals surface area (Å²) in [6, 6.07) is 11.4. The predicted octanol–water partition coefficient (Wildman–Crippen LogP) is 1.97. The van der Waals surface area contributed by atoms with Crippen LogP contribution in [0.4, 0.5) is 10.1 Å². The first-order valence-corrected chi connectivity index (χ1v) is 8.15. The van der Waals surface area contributed by atoms with Crippen molar-refractivity contribution in [2.75, 3.05) is 0 Å². The Morgan fingerprint density at radius 3 is 2.57 bits per heavy atom. The fourth-order valence-corrected chi connectivity index (χ4v) is 3.01.